The highest BCUT2D eigenvalue weighted by atomic mass is 16.5. The van der Waals surface area contributed by atoms with Gasteiger partial charge in [-0.1, -0.05) is 19.1 Å². The Morgan fingerprint density at radius 2 is 1.88 bits per heavy atom. The summed E-state index contributed by atoms with van der Waals surface area (Å²) in [5.74, 6) is 1.79. The molecule has 4 aliphatic rings. The minimum absolute atomic E-state index is 0.0223. The third-order valence-corrected chi connectivity index (χ3v) is 10.2. The normalized spacial score (nSPS) is 24.0. The van der Waals surface area contributed by atoms with Crippen LogP contribution in [-0.4, -0.2) is 68.5 Å². The SMILES string of the molecule is COCc1nc(CCC(C)CCc2cn3cc(C4CC4)cc(N4CC(=O)N(C)C4=O)c3n2)cc(NC(=O)[C@H]2C[C@@H]2/C2=N/C(C)=C\C=C/CC2)n1. The van der Waals surface area contributed by atoms with E-state index in [2.05, 4.69) is 35.7 Å². The number of imide groups is 1. The zero-order valence-corrected chi connectivity index (χ0v) is 29.4. The Labute approximate surface area is 292 Å². The molecule has 3 aromatic heterocycles. The monoisotopic (exact) mass is 678 g/mol. The third-order valence-electron chi connectivity index (χ3n) is 10.2. The molecule has 1 N–H and O–H groups in total. The Bertz CT molecular complexity index is 1910. The summed E-state index contributed by atoms with van der Waals surface area (Å²) < 4.78 is 7.36. The highest BCUT2D eigenvalue weighted by Gasteiger charge is 2.46. The van der Waals surface area contributed by atoms with Crippen LogP contribution in [0, 0.1) is 17.8 Å². The predicted molar refractivity (Wildman–Crippen MR) is 191 cm³/mol. The maximum Gasteiger partial charge on any atom is 0.331 e. The maximum atomic E-state index is 13.3. The smallest absolute Gasteiger partial charge is 0.331 e. The molecule has 3 fully saturated rings. The number of methoxy groups -OCH3 is 1. The van der Waals surface area contributed by atoms with E-state index in [0.29, 0.717) is 34.8 Å². The van der Waals surface area contributed by atoms with Crippen LogP contribution in [0.1, 0.15) is 87.5 Å². The van der Waals surface area contributed by atoms with Gasteiger partial charge in [0.2, 0.25) is 11.8 Å². The van der Waals surface area contributed by atoms with E-state index in [-0.39, 0.29) is 42.8 Å². The molecule has 50 heavy (non-hydrogen) atoms. The molecule has 7 rings (SSSR count). The van der Waals surface area contributed by atoms with Crippen molar-refractivity contribution in [2.75, 3.05) is 30.9 Å². The van der Waals surface area contributed by atoms with Crippen LogP contribution in [0.15, 0.2) is 53.4 Å². The molecule has 3 aromatic rings. The van der Waals surface area contributed by atoms with Crippen molar-refractivity contribution in [1.29, 1.82) is 0 Å². The summed E-state index contributed by atoms with van der Waals surface area (Å²) in [6.45, 7) is 4.52. The Kier molecular flexibility index (Phi) is 9.63. The molecule has 4 amide bonds. The number of carbonyl (C=O) groups is 3. The predicted octanol–water partition coefficient (Wildman–Crippen LogP) is 6.02. The van der Waals surface area contributed by atoms with Gasteiger partial charge in [-0.15, -0.1) is 0 Å². The lowest BCUT2D eigenvalue weighted by Gasteiger charge is -2.17. The molecule has 0 bridgehead atoms. The van der Waals surface area contributed by atoms with E-state index in [1.807, 2.05) is 35.6 Å². The van der Waals surface area contributed by atoms with E-state index in [1.54, 1.807) is 12.0 Å². The number of urea groups is 1. The molecule has 0 aromatic carbocycles. The van der Waals surface area contributed by atoms with Gasteiger partial charge in [0.05, 0.1) is 11.4 Å². The van der Waals surface area contributed by atoms with Gasteiger partial charge in [-0.2, -0.15) is 0 Å². The summed E-state index contributed by atoms with van der Waals surface area (Å²) in [6.07, 6.45) is 18.6. The quantitative estimate of drug-likeness (QED) is 0.219. The lowest BCUT2D eigenvalue weighted by Crippen LogP contribution is -2.30. The third kappa shape index (κ3) is 7.55. The Morgan fingerprint density at radius 3 is 2.62 bits per heavy atom. The van der Waals surface area contributed by atoms with Gasteiger partial charge in [0.1, 0.15) is 19.0 Å². The number of ether oxygens (including phenoxy) is 1. The Balaban J connectivity index is 0.977. The molecule has 2 saturated carbocycles. The molecule has 262 valence electrons. The lowest BCUT2D eigenvalue weighted by molar-refractivity contribution is -0.124. The number of rotatable bonds is 13. The number of imidazole rings is 1. The van der Waals surface area contributed by atoms with Crippen LogP contribution < -0.4 is 10.2 Å². The summed E-state index contributed by atoms with van der Waals surface area (Å²) in [5, 5.41) is 3.06. The summed E-state index contributed by atoms with van der Waals surface area (Å²) in [6, 6.07) is 3.61. The fourth-order valence-corrected chi connectivity index (χ4v) is 6.96. The number of nitrogens with one attached hydrogen (secondary N) is 1. The van der Waals surface area contributed by atoms with Crippen molar-refractivity contribution in [2.24, 2.45) is 22.7 Å². The first-order valence-electron chi connectivity index (χ1n) is 17.8. The molecular weight excluding hydrogens is 632 g/mol. The standard InChI is InChI=1S/C38H46N8O4/c1-23(11-15-28-20-45-19-26(25-12-13-25)16-32(36(45)41-28)46-21-35(47)44(3)38(46)49)10-14-27-17-33(42-34(40-27)22-50-4)43-37(48)30-18-29(30)31-9-7-5-6-8-24(2)39-31/h5-6,8,16-17,19-20,23,25,29-30H,7,9-15,18,21-22H2,1-4H3,(H,40,42,43,48)/b6-5-,24-8-,39-31+/t23?,29-,30-/m0/s1. The maximum absolute atomic E-state index is 13.3. The van der Waals surface area contributed by atoms with Crippen molar-refractivity contribution < 1.29 is 19.1 Å². The van der Waals surface area contributed by atoms with E-state index in [0.717, 1.165) is 80.6 Å². The van der Waals surface area contributed by atoms with Crippen molar-refractivity contribution in [3.63, 3.8) is 0 Å². The zero-order valence-electron chi connectivity index (χ0n) is 29.4. The number of allylic oxidation sites excluding steroid dienone is 4. The van der Waals surface area contributed by atoms with Crippen molar-refractivity contribution in [3.05, 3.63) is 71.2 Å². The van der Waals surface area contributed by atoms with Gasteiger partial charge in [-0.25, -0.2) is 19.7 Å². The molecule has 0 radical (unpaired) electrons. The van der Waals surface area contributed by atoms with Crippen LogP contribution in [0.2, 0.25) is 0 Å². The van der Waals surface area contributed by atoms with Crippen LogP contribution in [0.4, 0.5) is 16.3 Å². The number of aromatic nitrogens is 4. The van der Waals surface area contributed by atoms with Crippen molar-refractivity contribution in [3.8, 4) is 0 Å². The first kappa shape index (κ1) is 33.8. The number of likely N-dealkylation sites (N-methyl/N-ethyl adjacent to an activating group) is 1. The fourth-order valence-electron chi connectivity index (χ4n) is 6.96. The van der Waals surface area contributed by atoms with Crippen LogP contribution in [0.5, 0.6) is 0 Å². The van der Waals surface area contributed by atoms with Gasteiger partial charge in [-0.05, 0) is 94.3 Å². The average molecular weight is 679 g/mol. The molecule has 3 atom stereocenters. The number of anilines is 2. The number of nitrogens with zero attached hydrogens (tertiary/aromatic N) is 7. The van der Waals surface area contributed by atoms with Crippen molar-refractivity contribution in [1.82, 2.24) is 24.3 Å². The van der Waals surface area contributed by atoms with E-state index in [1.165, 1.54) is 17.5 Å². The first-order valence-corrected chi connectivity index (χ1v) is 17.8. The van der Waals surface area contributed by atoms with Gasteiger partial charge in [-0.3, -0.25) is 24.4 Å². The van der Waals surface area contributed by atoms with E-state index in [4.69, 9.17) is 19.7 Å². The highest BCUT2D eigenvalue weighted by Crippen LogP contribution is 2.43. The molecule has 2 aliphatic carbocycles. The van der Waals surface area contributed by atoms with E-state index >= 15 is 0 Å². The summed E-state index contributed by atoms with van der Waals surface area (Å²) in [7, 11) is 3.14. The second-order valence-electron chi connectivity index (χ2n) is 14.3. The number of carbonyl (C=O) groups excluding carboxylic acids is 3. The second kappa shape index (κ2) is 14.3. The zero-order chi connectivity index (χ0) is 34.9. The molecule has 12 heteroatoms. The van der Waals surface area contributed by atoms with E-state index in [9.17, 15) is 14.4 Å². The summed E-state index contributed by atoms with van der Waals surface area (Å²) >= 11 is 0. The van der Waals surface area contributed by atoms with Crippen LogP contribution >= 0.6 is 0 Å². The topological polar surface area (TPSA) is 134 Å². The van der Waals surface area contributed by atoms with Gasteiger partial charge in [0.15, 0.2) is 11.5 Å². The van der Waals surface area contributed by atoms with Crippen LogP contribution in [-0.2, 0) is 33.8 Å². The molecule has 0 spiro atoms. The second-order valence-corrected chi connectivity index (χ2v) is 14.3. The molecule has 1 unspecified atom stereocenters. The van der Waals surface area contributed by atoms with Crippen LogP contribution in [0.3, 0.4) is 0 Å². The number of fused-ring (bicyclic) bond motifs is 1. The van der Waals surface area contributed by atoms with E-state index < -0.39 is 0 Å². The van der Waals surface area contributed by atoms with Crippen molar-refractivity contribution in [2.45, 2.75) is 84.2 Å². The van der Waals surface area contributed by atoms with Gasteiger partial charge >= 0.3 is 6.03 Å². The Hall–Kier alpha value is -4.71. The first-order chi connectivity index (χ1) is 24.2. The molecule has 5 heterocycles. The minimum Gasteiger partial charge on any atom is -0.377 e. The number of aryl methyl sites for hydroxylation is 2. The van der Waals surface area contributed by atoms with Gasteiger partial charge in [0, 0.05) is 61.6 Å². The number of aliphatic imine (C=N–C) groups is 1. The number of hydrogen-bond acceptors (Lipinski definition) is 8. The fraction of sp³-hybridized carbons (Fsp3) is 0.500. The molecule has 2 aliphatic heterocycles. The summed E-state index contributed by atoms with van der Waals surface area (Å²) in [5.41, 5.74) is 6.49. The summed E-state index contributed by atoms with van der Waals surface area (Å²) in [4.78, 5) is 60.2. The lowest BCUT2D eigenvalue weighted by atomic mass is 9.98. The Morgan fingerprint density at radius 1 is 1.08 bits per heavy atom. The van der Waals surface area contributed by atoms with Crippen molar-refractivity contribution >= 4 is 40.7 Å². The molecule has 1 saturated heterocycles. The molecule has 12 nitrogen and oxygen atoms in total. The largest absolute Gasteiger partial charge is 0.377 e. The van der Waals surface area contributed by atoms with Crippen LogP contribution in [0.25, 0.3) is 5.65 Å². The van der Waals surface area contributed by atoms with Gasteiger partial charge < -0.3 is 14.5 Å². The number of amides is 4. The molecular formula is C38H46N8O4. The number of hydrogen-bond donors (Lipinski definition) is 1. The van der Waals surface area contributed by atoms with Gasteiger partial charge in [0.25, 0.3) is 0 Å². The number of pyridine rings is 1. The highest BCUT2D eigenvalue weighted by molar-refractivity contribution is 6.13. The minimum atomic E-state index is -0.313. The average Bonchev–Trinajstić information content (AvgIpc) is 4.01.